The summed E-state index contributed by atoms with van der Waals surface area (Å²) in [6, 6.07) is 6.34. The Morgan fingerprint density at radius 2 is 1.60 bits per heavy atom. The van der Waals surface area contributed by atoms with Gasteiger partial charge in [0, 0.05) is 18.6 Å². The molecular formula is C18H28N2. The lowest BCUT2D eigenvalue weighted by atomic mass is 9.99. The van der Waals surface area contributed by atoms with Crippen molar-refractivity contribution in [1.82, 2.24) is 10.2 Å². The van der Waals surface area contributed by atoms with Gasteiger partial charge in [0.2, 0.25) is 0 Å². The second-order valence-corrected chi connectivity index (χ2v) is 6.79. The van der Waals surface area contributed by atoms with Crippen LogP contribution in [0.25, 0.3) is 0 Å². The third-order valence-corrected chi connectivity index (χ3v) is 5.13. The topological polar surface area (TPSA) is 15.3 Å². The van der Waals surface area contributed by atoms with Gasteiger partial charge in [-0.05, 0) is 81.8 Å². The van der Waals surface area contributed by atoms with E-state index in [1.165, 1.54) is 61.0 Å². The van der Waals surface area contributed by atoms with Crippen LogP contribution in [0.5, 0.6) is 0 Å². The highest BCUT2D eigenvalue weighted by molar-refractivity contribution is 5.36. The molecule has 0 amide bonds. The summed E-state index contributed by atoms with van der Waals surface area (Å²) in [6.45, 7) is 10.3. The Bertz CT molecular complexity index is 469. The van der Waals surface area contributed by atoms with Crippen LogP contribution < -0.4 is 5.32 Å². The minimum Gasteiger partial charge on any atom is -0.310 e. The normalized spacial score (nSPS) is 21.4. The summed E-state index contributed by atoms with van der Waals surface area (Å²) < 4.78 is 0. The number of nitrogens with zero attached hydrogens (tertiary/aromatic N) is 1. The summed E-state index contributed by atoms with van der Waals surface area (Å²) in [7, 11) is 0. The molecule has 0 bridgehead atoms. The van der Waals surface area contributed by atoms with E-state index in [0.717, 1.165) is 12.6 Å². The van der Waals surface area contributed by atoms with Crippen molar-refractivity contribution in [3.8, 4) is 0 Å². The van der Waals surface area contributed by atoms with Crippen LogP contribution in [-0.2, 0) is 6.54 Å². The van der Waals surface area contributed by atoms with E-state index in [1.54, 1.807) is 0 Å². The second-order valence-electron chi connectivity index (χ2n) is 6.79. The van der Waals surface area contributed by atoms with Gasteiger partial charge in [0.05, 0.1) is 0 Å². The highest BCUT2D eigenvalue weighted by atomic mass is 15.2. The molecular weight excluding hydrogens is 244 g/mol. The van der Waals surface area contributed by atoms with Gasteiger partial charge in [0.15, 0.2) is 0 Å². The summed E-state index contributed by atoms with van der Waals surface area (Å²) in [5.41, 5.74) is 5.72. The van der Waals surface area contributed by atoms with Gasteiger partial charge < -0.3 is 10.2 Å². The van der Waals surface area contributed by atoms with Crippen LogP contribution in [0.2, 0.25) is 0 Å². The number of rotatable bonds is 4. The predicted molar refractivity (Wildman–Crippen MR) is 85.1 cm³/mol. The van der Waals surface area contributed by atoms with Crippen LogP contribution in [0.15, 0.2) is 12.1 Å². The third-order valence-electron chi connectivity index (χ3n) is 5.13. The highest BCUT2D eigenvalue weighted by Gasteiger charge is 2.31. The SMILES string of the molecule is Cc1cc(C)c(CNC2CCN(C3CC3)CC2)cc1C. The number of aryl methyl sites for hydroxylation is 3. The Balaban J connectivity index is 1.51. The first-order valence-electron chi connectivity index (χ1n) is 8.17. The first-order valence-corrected chi connectivity index (χ1v) is 8.17. The van der Waals surface area contributed by atoms with Gasteiger partial charge in [-0.3, -0.25) is 0 Å². The second kappa shape index (κ2) is 5.87. The lowest BCUT2D eigenvalue weighted by molar-refractivity contribution is 0.189. The average molecular weight is 272 g/mol. The predicted octanol–water partition coefficient (Wildman–Crippen LogP) is 3.33. The Morgan fingerprint density at radius 1 is 0.950 bits per heavy atom. The third kappa shape index (κ3) is 3.24. The smallest absolute Gasteiger partial charge is 0.0210 e. The maximum atomic E-state index is 3.78. The number of hydrogen-bond acceptors (Lipinski definition) is 2. The molecule has 0 unspecified atom stereocenters. The molecule has 2 fully saturated rings. The first-order chi connectivity index (χ1) is 9.63. The Hall–Kier alpha value is -0.860. The number of hydrogen-bond donors (Lipinski definition) is 1. The van der Waals surface area contributed by atoms with E-state index in [4.69, 9.17) is 0 Å². The van der Waals surface area contributed by atoms with Crippen LogP contribution in [0.3, 0.4) is 0 Å². The summed E-state index contributed by atoms with van der Waals surface area (Å²) in [5.74, 6) is 0. The van der Waals surface area contributed by atoms with E-state index < -0.39 is 0 Å². The van der Waals surface area contributed by atoms with Gasteiger partial charge in [-0.2, -0.15) is 0 Å². The summed E-state index contributed by atoms with van der Waals surface area (Å²) in [6.07, 6.45) is 5.53. The molecule has 2 aliphatic rings. The van der Waals surface area contributed by atoms with Crippen LogP contribution in [0, 0.1) is 20.8 Å². The van der Waals surface area contributed by atoms with Crippen LogP contribution >= 0.6 is 0 Å². The molecule has 1 aromatic carbocycles. The van der Waals surface area contributed by atoms with Crippen LogP contribution in [-0.4, -0.2) is 30.1 Å². The molecule has 1 saturated heterocycles. The Morgan fingerprint density at radius 3 is 2.25 bits per heavy atom. The lowest BCUT2D eigenvalue weighted by Crippen LogP contribution is -2.43. The standard InChI is InChI=1S/C18H28N2/c1-13-10-15(3)16(11-14(13)2)12-19-17-6-8-20(9-7-17)18-4-5-18/h10-11,17-19H,4-9,12H2,1-3H3. The summed E-state index contributed by atoms with van der Waals surface area (Å²) in [5, 5.41) is 3.78. The van der Waals surface area contributed by atoms with Crippen molar-refractivity contribution in [2.24, 2.45) is 0 Å². The zero-order valence-corrected chi connectivity index (χ0v) is 13.2. The van der Waals surface area contributed by atoms with Gasteiger partial charge in [0.1, 0.15) is 0 Å². The maximum absolute atomic E-state index is 3.78. The van der Waals surface area contributed by atoms with Crippen molar-refractivity contribution >= 4 is 0 Å². The van der Waals surface area contributed by atoms with E-state index in [9.17, 15) is 0 Å². The van der Waals surface area contributed by atoms with Gasteiger partial charge in [-0.15, -0.1) is 0 Å². The first kappa shape index (κ1) is 14.1. The molecule has 0 aromatic heterocycles. The van der Waals surface area contributed by atoms with E-state index in [0.29, 0.717) is 6.04 Å². The maximum Gasteiger partial charge on any atom is 0.0210 e. The Kier molecular flexibility index (Phi) is 4.13. The molecule has 1 saturated carbocycles. The lowest BCUT2D eigenvalue weighted by Gasteiger charge is -2.32. The number of benzene rings is 1. The van der Waals surface area contributed by atoms with Gasteiger partial charge in [-0.1, -0.05) is 12.1 Å². The van der Waals surface area contributed by atoms with Gasteiger partial charge in [-0.25, -0.2) is 0 Å². The minimum atomic E-state index is 0.714. The average Bonchev–Trinajstić information content (AvgIpc) is 3.26. The molecule has 2 heteroatoms. The molecule has 1 heterocycles. The highest BCUT2D eigenvalue weighted by Crippen LogP contribution is 2.29. The molecule has 3 rings (SSSR count). The minimum absolute atomic E-state index is 0.714. The van der Waals surface area contributed by atoms with E-state index in [-0.39, 0.29) is 0 Å². The molecule has 1 N–H and O–H groups in total. The zero-order valence-electron chi connectivity index (χ0n) is 13.2. The van der Waals surface area contributed by atoms with Crippen molar-refractivity contribution in [3.05, 3.63) is 34.4 Å². The van der Waals surface area contributed by atoms with E-state index in [1.807, 2.05) is 0 Å². The Labute approximate surface area is 123 Å². The fourth-order valence-corrected chi connectivity index (χ4v) is 3.37. The van der Waals surface area contributed by atoms with Gasteiger partial charge >= 0.3 is 0 Å². The fourth-order valence-electron chi connectivity index (χ4n) is 3.37. The van der Waals surface area contributed by atoms with Gasteiger partial charge in [0.25, 0.3) is 0 Å². The van der Waals surface area contributed by atoms with E-state index in [2.05, 4.69) is 43.1 Å². The number of nitrogens with one attached hydrogen (secondary N) is 1. The van der Waals surface area contributed by atoms with Crippen molar-refractivity contribution in [1.29, 1.82) is 0 Å². The van der Waals surface area contributed by atoms with Crippen LogP contribution in [0.1, 0.15) is 47.9 Å². The molecule has 1 aromatic rings. The molecule has 2 nitrogen and oxygen atoms in total. The van der Waals surface area contributed by atoms with Crippen LogP contribution in [0.4, 0.5) is 0 Å². The summed E-state index contributed by atoms with van der Waals surface area (Å²) >= 11 is 0. The molecule has 20 heavy (non-hydrogen) atoms. The molecule has 0 spiro atoms. The largest absolute Gasteiger partial charge is 0.310 e. The van der Waals surface area contributed by atoms with Crippen molar-refractivity contribution in [2.45, 2.75) is 65.1 Å². The van der Waals surface area contributed by atoms with E-state index >= 15 is 0 Å². The summed E-state index contributed by atoms with van der Waals surface area (Å²) in [4.78, 5) is 2.69. The number of piperidine rings is 1. The zero-order chi connectivity index (χ0) is 14.1. The molecule has 0 radical (unpaired) electrons. The number of likely N-dealkylation sites (tertiary alicyclic amines) is 1. The van der Waals surface area contributed by atoms with Crippen molar-refractivity contribution in [2.75, 3.05) is 13.1 Å². The van der Waals surface area contributed by atoms with Crippen molar-refractivity contribution < 1.29 is 0 Å². The van der Waals surface area contributed by atoms with Crippen molar-refractivity contribution in [3.63, 3.8) is 0 Å². The monoisotopic (exact) mass is 272 g/mol. The molecule has 1 aliphatic heterocycles. The molecule has 0 atom stereocenters. The fraction of sp³-hybridized carbons (Fsp3) is 0.667. The molecule has 110 valence electrons. The molecule has 1 aliphatic carbocycles. The quantitative estimate of drug-likeness (QED) is 0.904.